The van der Waals surface area contributed by atoms with Gasteiger partial charge in [0.25, 0.3) is 0 Å². The van der Waals surface area contributed by atoms with Gasteiger partial charge in [-0.1, -0.05) is 55.8 Å². The third-order valence-electron chi connectivity index (χ3n) is 4.99. The van der Waals surface area contributed by atoms with Crippen LogP contribution in [0, 0.1) is 0 Å². The molecule has 1 aromatic carbocycles. The van der Waals surface area contributed by atoms with Gasteiger partial charge in [0.05, 0.1) is 12.6 Å². The maximum atomic E-state index is 10.1. The molecule has 1 fully saturated rings. The first kappa shape index (κ1) is 19.1. The summed E-state index contributed by atoms with van der Waals surface area (Å²) in [5, 5.41) is 19.6. The summed E-state index contributed by atoms with van der Waals surface area (Å²) in [5.41, 5.74) is 2.09. The number of hydrogen-bond acceptors (Lipinski definition) is 6. The number of benzene rings is 1. The van der Waals surface area contributed by atoms with E-state index in [-0.39, 0.29) is 11.5 Å². The van der Waals surface area contributed by atoms with Gasteiger partial charge in [0, 0.05) is 23.5 Å². The second kappa shape index (κ2) is 7.29. The van der Waals surface area contributed by atoms with Crippen molar-refractivity contribution < 1.29 is 5.11 Å². The van der Waals surface area contributed by atoms with Gasteiger partial charge in [0.1, 0.15) is 5.82 Å². The number of aromatic nitrogens is 5. The largest absolute Gasteiger partial charge is 0.391 e. The van der Waals surface area contributed by atoms with Crippen molar-refractivity contribution in [2.24, 2.45) is 0 Å². The molecule has 1 unspecified atom stereocenters. The Bertz CT molecular complexity index is 996. The van der Waals surface area contributed by atoms with E-state index >= 15 is 0 Å². The molecule has 7 nitrogen and oxygen atoms in total. The second-order valence-electron chi connectivity index (χ2n) is 8.37. The van der Waals surface area contributed by atoms with E-state index in [0.717, 1.165) is 36.6 Å². The van der Waals surface area contributed by atoms with Crippen LogP contribution in [0.4, 0.5) is 5.82 Å². The number of nitrogens with zero attached hydrogens (tertiary/aromatic N) is 6. The predicted octanol–water partition coefficient (Wildman–Crippen LogP) is 3.18. The van der Waals surface area contributed by atoms with Crippen molar-refractivity contribution in [3.63, 3.8) is 0 Å². The van der Waals surface area contributed by atoms with Gasteiger partial charge in [-0.15, -0.1) is 5.10 Å². The van der Waals surface area contributed by atoms with Crippen LogP contribution in [0.15, 0.2) is 24.3 Å². The summed E-state index contributed by atoms with van der Waals surface area (Å²) < 4.78 is 1.78. The lowest BCUT2D eigenvalue weighted by atomic mass is 9.95. The van der Waals surface area contributed by atoms with Gasteiger partial charge in [-0.25, -0.2) is 14.6 Å². The Morgan fingerprint density at radius 1 is 1.21 bits per heavy atom. The fraction of sp³-hybridized carbons (Fsp3) is 0.500. The first-order chi connectivity index (χ1) is 13.3. The number of β-amino-alcohol motifs (C(OH)–C–C–N with tert-alkyl or cyclic N) is 1. The molecule has 28 heavy (non-hydrogen) atoms. The van der Waals surface area contributed by atoms with E-state index in [1.54, 1.807) is 4.68 Å². The molecule has 1 aliphatic heterocycles. The number of anilines is 1. The fourth-order valence-corrected chi connectivity index (χ4v) is 3.63. The number of aliphatic hydroxyl groups is 1. The van der Waals surface area contributed by atoms with Crippen LogP contribution >= 0.6 is 11.6 Å². The molecule has 1 N–H and O–H groups in total. The van der Waals surface area contributed by atoms with Gasteiger partial charge >= 0.3 is 0 Å². The molecular weight excluding hydrogens is 376 g/mol. The van der Waals surface area contributed by atoms with Crippen LogP contribution in [0.1, 0.15) is 45.0 Å². The van der Waals surface area contributed by atoms with Gasteiger partial charge in [-0.3, -0.25) is 0 Å². The molecule has 0 bridgehead atoms. The average molecular weight is 401 g/mol. The Balaban J connectivity index is 1.83. The summed E-state index contributed by atoms with van der Waals surface area (Å²) in [5.74, 6) is 1.48. The van der Waals surface area contributed by atoms with Gasteiger partial charge in [0.2, 0.25) is 0 Å². The van der Waals surface area contributed by atoms with E-state index in [1.807, 2.05) is 24.3 Å². The van der Waals surface area contributed by atoms with Gasteiger partial charge in [-0.05, 0) is 24.5 Å². The average Bonchev–Trinajstić information content (AvgIpc) is 3.05. The Kier molecular flexibility index (Phi) is 4.97. The summed E-state index contributed by atoms with van der Waals surface area (Å²) in [6, 6.07) is 7.71. The zero-order chi connectivity index (χ0) is 19.9. The zero-order valence-corrected chi connectivity index (χ0v) is 17.2. The molecule has 0 saturated carbocycles. The van der Waals surface area contributed by atoms with E-state index < -0.39 is 0 Å². The Morgan fingerprint density at radius 2 is 2.00 bits per heavy atom. The molecule has 3 heterocycles. The van der Waals surface area contributed by atoms with Gasteiger partial charge < -0.3 is 10.0 Å². The van der Waals surface area contributed by atoms with Crippen LogP contribution in [0.5, 0.6) is 0 Å². The van der Waals surface area contributed by atoms with Crippen LogP contribution in [0.3, 0.4) is 0 Å². The topological polar surface area (TPSA) is 80.0 Å². The Morgan fingerprint density at radius 3 is 2.71 bits per heavy atom. The van der Waals surface area contributed by atoms with E-state index in [9.17, 15) is 5.11 Å². The normalized spacial score (nSPS) is 18.0. The first-order valence-corrected chi connectivity index (χ1v) is 9.99. The number of piperidine rings is 1. The van der Waals surface area contributed by atoms with Crippen LogP contribution in [0.2, 0.25) is 5.02 Å². The van der Waals surface area contributed by atoms with Crippen molar-refractivity contribution in [1.82, 2.24) is 25.0 Å². The smallest absolute Gasteiger partial charge is 0.184 e. The highest BCUT2D eigenvalue weighted by Gasteiger charge is 2.27. The highest BCUT2D eigenvalue weighted by Crippen LogP contribution is 2.29. The lowest BCUT2D eigenvalue weighted by molar-refractivity contribution is 0.154. The Labute approximate surface area is 169 Å². The maximum absolute atomic E-state index is 10.1. The standard InChI is InChI=1S/C20H25ClN6O/c1-20(2,3)19-22-17(26-10-6-8-14(28)12-26)16-18(23-19)27(25-24-16)11-13-7-4-5-9-15(13)21/h4-5,7,9,14,28H,6,8,10-12H2,1-3H3. The lowest BCUT2D eigenvalue weighted by Crippen LogP contribution is -2.39. The molecule has 148 valence electrons. The maximum Gasteiger partial charge on any atom is 0.184 e. The van der Waals surface area contributed by atoms with E-state index in [2.05, 4.69) is 36.0 Å². The summed E-state index contributed by atoms with van der Waals surface area (Å²) >= 11 is 6.33. The predicted molar refractivity (Wildman–Crippen MR) is 110 cm³/mol. The van der Waals surface area contributed by atoms with Crippen LogP contribution in [0.25, 0.3) is 11.2 Å². The van der Waals surface area contributed by atoms with Crippen LogP contribution < -0.4 is 4.90 Å². The van der Waals surface area contributed by atoms with E-state index in [1.165, 1.54) is 0 Å². The second-order valence-corrected chi connectivity index (χ2v) is 8.78. The minimum Gasteiger partial charge on any atom is -0.391 e. The van der Waals surface area contributed by atoms with Crippen molar-refractivity contribution in [1.29, 1.82) is 0 Å². The molecular formula is C20H25ClN6O. The number of fused-ring (bicyclic) bond motifs is 1. The quantitative estimate of drug-likeness (QED) is 0.727. The van der Waals surface area contributed by atoms with Crippen molar-refractivity contribution >= 4 is 28.6 Å². The zero-order valence-electron chi connectivity index (χ0n) is 16.4. The third-order valence-corrected chi connectivity index (χ3v) is 5.36. The first-order valence-electron chi connectivity index (χ1n) is 9.61. The van der Waals surface area contributed by atoms with Crippen molar-refractivity contribution in [2.45, 2.75) is 51.7 Å². The summed E-state index contributed by atoms with van der Waals surface area (Å²) in [6.07, 6.45) is 1.39. The number of hydrogen-bond donors (Lipinski definition) is 1. The number of aliphatic hydroxyl groups excluding tert-OH is 1. The van der Waals surface area contributed by atoms with Crippen LogP contribution in [-0.4, -0.2) is 49.3 Å². The van der Waals surface area contributed by atoms with Crippen molar-refractivity contribution in [3.05, 3.63) is 40.7 Å². The third kappa shape index (κ3) is 3.69. The lowest BCUT2D eigenvalue weighted by Gasteiger charge is -2.31. The molecule has 1 aliphatic rings. The van der Waals surface area contributed by atoms with Gasteiger partial charge in [-0.2, -0.15) is 0 Å². The highest BCUT2D eigenvalue weighted by atomic mass is 35.5. The molecule has 1 saturated heterocycles. The Hall–Kier alpha value is -2.25. The van der Waals surface area contributed by atoms with Gasteiger partial charge in [0.15, 0.2) is 17.0 Å². The van der Waals surface area contributed by atoms with Crippen molar-refractivity contribution in [3.8, 4) is 0 Å². The van der Waals surface area contributed by atoms with E-state index in [0.29, 0.717) is 29.3 Å². The van der Waals surface area contributed by atoms with Crippen molar-refractivity contribution in [2.75, 3.05) is 18.0 Å². The molecule has 0 spiro atoms. The molecule has 0 amide bonds. The number of halogens is 1. The molecule has 2 aromatic heterocycles. The monoisotopic (exact) mass is 400 g/mol. The molecule has 8 heteroatoms. The minimum atomic E-state index is -0.352. The SMILES string of the molecule is CC(C)(C)c1nc(N2CCCC(O)C2)c2nnn(Cc3ccccc3Cl)c2n1. The number of rotatable bonds is 3. The van der Waals surface area contributed by atoms with Crippen LogP contribution in [-0.2, 0) is 12.0 Å². The molecule has 0 radical (unpaired) electrons. The molecule has 4 rings (SSSR count). The highest BCUT2D eigenvalue weighted by molar-refractivity contribution is 6.31. The molecule has 0 aliphatic carbocycles. The minimum absolute atomic E-state index is 0.225. The summed E-state index contributed by atoms with van der Waals surface area (Å²) in [4.78, 5) is 11.7. The summed E-state index contributed by atoms with van der Waals surface area (Å²) in [6.45, 7) is 8.14. The van der Waals surface area contributed by atoms with E-state index in [4.69, 9.17) is 21.6 Å². The fourth-order valence-electron chi connectivity index (χ4n) is 3.44. The summed E-state index contributed by atoms with van der Waals surface area (Å²) in [7, 11) is 0. The molecule has 3 aromatic rings. The molecule has 1 atom stereocenters.